The van der Waals surface area contributed by atoms with Gasteiger partial charge < -0.3 is 18.9 Å². The molecule has 26 heavy (non-hydrogen) atoms. The lowest BCUT2D eigenvalue weighted by Gasteiger charge is -2.22. The summed E-state index contributed by atoms with van der Waals surface area (Å²) in [4.78, 5) is 22.2. The van der Waals surface area contributed by atoms with E-state index in [1.54, 1.807) is 43.3 Å². The molecule has 2 aromatic rings. The van der Waals surface area contributed by atoms with E-state index in [0.717, 1.165) is 0 Å². The van der Waals surface area contributed by atoms with Crippen LogP contribution in [-0.4, -0.2) is 24.1 Å². The normalized spacial score (nSPS) is 14.3. The van der Waals surface area contributed by atoms with Gasteiger partial charge in [-0.25, -0.2) is 4.79 Å². The molecule has 0 radical (unpaired) electrons. The fourth-order valence-electron chi connectivity index (χ4n) is 2.08. The van der Waals surface area contributed by atoms with E-state index in [2.05, 4.69) is 0 Å². The van der Waals surface area contributed by atoms with Crippen LogP contribution in [0.15, 0.2) is 48.5 Å². The maximum atomic E-state index is 12.4. The Morgan fingerprint density at radius 1 is 1.19 bits per heavy atom. The Kier molecular flexibility index (Phi) is 7.50. The molecule has 0 saturated heterocycles. The molecule has 0 saturated carbocycles. The first-order valence-corrected chi connectivity index (χ1v) is 10.0. The number of ether oxygens (including phenoxy) is 2. The Bertz CT molecular complexity index is 799. The lowest BCUT2D eigenvalue weighted by Crippen LogP contribution is -2.19. The average molecular weight is 419 g/mol. The van der Waals surface area contributed by atoms with E-state index in [1.807, 2.05) is 0 Å². The number of rotatable bonds is 8. The van der Waals surface area contributed by atoms with Crippen molar-refractivity contribution in [3.63, 3.8) is 0 Å². The van der Waals surface area contributed by atoms with Gasteiger partial charge in [0, 0.05) is 10.6 Å². The molecule has 9 heteroatoms. The third kappa shape index (κ3) is 5.73. The van der Waals surface area contributed by atoms with Crippen LogP contribution in [0.1, 0.15) is 18.3 Å². The van der Waals surface area contributed by atoms with Crippen LogP contribution in [0.2, 0.25) is 10.0 Å². The van der Waals surface area contributed by atoms with Crippen molar-refractivity contribution in [1.82, 2.24) is 0 Å². The topological polar surface area (TPSA) is 82.1 Å². The van der Waals surface area contributed by atoms with Crippen molar-refractivity contribution < 1.29 is 28.3 Å². The van der Waals surface area contributed by atoms with Gasteiger partial charge in [-0.1, -0.05) is 53.5 Å². The van der Waals surface area contributed by atoms with E-state index in [9.17, 15) is 14.3 Å². The van der Waals surface area contributed by atoms with Crippen molar-refractivity contribution in [2.45, 2.75) is 12.8 Å². The zero-order chi connectivity index (χ0) is 19.2. The van der Waals surface area contributed by atoms with Gasteiger partial charge in [0.2, 0.25) is 5.85 Å². The fraction of sp³-hybridized carbons (Fsp3) is 0.235. The van der Waals surface area contributed by atoms with Crippen LogP contribution in [-0.2, 0) is 18.6 Å². The second-order valence-electron chi connectivity index (χ2n) is 5.10. The molecule has 0 heterocycles. The highest BCUT2D eigenvalue weighted by Crippen LogP contribution is 2.57. The third-order valence-corrected chi connectivity index (χ3v) is 5.33. The summed E-state index contributed by atoms with van der Waals surface area (Å²) in [7, 11) is -4.23. The standard InChI is InChI=1S/C17H17Cl2O6P/c1-2-24-26(21,22)17(12-6-4-3-5-7-12)25-16(20)11-23-15-9-8-13(18)10-14(15)19/h3-10,17H,2,11H2,1H3,(H,21,22). The first-order valence-electron chi connectivity index (χ1n) is 7.62. The molecule has 2 atom stereocenters. The fourth-order valence-corrected chi connectivity index (χ4v) is 3.85. The zero-order valence-electron chi connectivity index (χ0n) is 13.8. The summed E-state index contributed by atoms with van der Waals surface area (Å²) < 4.78 is 27.7. The van der Waals surface area contributed by atoms with Gasteiger partial charge in [0.25, 0.3) is 0 Å². The SMILES string of the molecule is CCOP(=O)(O)C(OC(=O)COc1ccc(Cl)cc1Cl)c1ccccc1. The van der Waals surface area contributed by atoms with E-state index in [4.69, 9.17) is 37.2 Å². The van der Waals surface area contributed by atoms with Crippen LogP contribution in [0.3, 0.4) is 0 Å². The second kappa shape index (κ2) is 9.40. The third-order valence-electron chi connectivity index (χ3n) is 3.18. The molecular weight excluding hydrogens is 402 g/mol. The van der Waals surface area contributed by atoms with Gasteiger partial charge >= 0.3 is 13.6 Å². The van der Waals surface area contributed by atoms with Gasteiger partial charge in [-0.15, -0.1) is 0 Å². The van der Waals surface area contributed by atoms with Crippen molar-refractivity contribution in [3.05, 3.63) is 64.1 Å². The first kappa shape index (κ1) is 20.7. The number of halogens is 2. The van der Waals surface area contributed by atoms with Gasteiger partial charge in [-0.05, 0) is 25.1 Å². The molecule has 140 valence electrons. The molecule has 0 amide bonds. The van der Waals surface area contributed by atoms with Crippen LogP contribution >= 0.6 is 30.8 Å². The smallest absolute Gasteiger partial charge is 0.373 e. The lowest BCUT2D eigenvalue weighted by atomic mass is 10.2. The summed E-state index contributed by atoms with van der Waals surface area (Å²) in [6, 6.07) is 12.7. The first-order chi connectivity index (χ1) is 12.3. The summed E-state index contributed by atoms with van der Waals surface area (Å²) in [5.74, 6) is -2.07. The Morgan fingerprint density at radius 3 is 2.50 bits per heavy atom. The molecule has 2 aromatic carbocycles. The molecule has 0 aromatic heterocycles. The summed E-state index contributed by atoms with van der Waals surface area (Å²) in [5.41, 5.74) is 0.338. The quantitative estimate of drug-likeness (QED) is 0.487. The Hall–Kier alpha value is -1.56. The minimum absolute atomic E-state index is 0.00839. The molecule has 0 spiro atoms. The lowest BCUT2D eigenvalue weighted by molar-refractivity contribution is -0.149. The van der Waals surface area contributed by atoms with Crippen molar-refractivity contribution in [3.8, 4) is 5.75 Å². The number of benzene rings is 2. The van der Waals surface area contributed by atoms with Gasteiger partial charge in [0.05, 0.1) is 11.6 Å². The second-order valence-corrected chi connectivity index (χ2v) is 7.80. The summed E-state index contributed by atoms with van der Waals surface area (Å²) in [6.45, 7) is 1.06. The Labute approximate surface area is 161 Å². The highest BCUT2D eigenvalue weighted by molar-refractivity contribution is 7.53. The van der Waals surface area contributed by atoms with E-state index >= 15 is 0 Å². The minimum atomic E-state index is -4.23. The largest absolute Gasteiger partial charge is 0.480 e. The van der Waals surface area contributed by atoms with Crippen LogP contribution in [0.4, 0.5) is 0 Å². The van der Waals surface area contributed by atoms with Crippen molar-refractivity contribution >= 4 is 36.8 Å². The van der Waals surface area contributed by atoms with Crippen LogP contribution in [0, 0.1) is 0 Å². The molecule has 2 unspecified atom stereocenters. The van der Waals surface area contributed by atoms with E-state index < -0.39 is 26.0 Å². The van der Waals surface area contributed by atoms with Crippen molar-refractivity contribution in [1.29, 1.82) is 0 Å². The van der Waals surface area contributed by atoms with E-state index in [1.165, 1.54) is 12.1 Å². The zero-order valence-corrected chi connectivity index (χ0v) is 16.2. The highest BCUT2D eigenvalue weighted by atomic mass is 35.5. The van der Waals surface area contributed by atoms with Crippen LogP contribution in [0.25, 0.3) is 0 Å². The van der Waals surface area contributed by atoms with Crippen LogP contribution in [0.5, 0.6) is 5.75 Å². The monoisotopic (exact) mass is 418 g/mol. The number of carbonyl (C=O) groups excluding carboxylic acids is 1. The summed E-state index contributed by atoms with van der Waals surface area (Å²) in [5, 5.41) is 0.652. The molecule has 2 rings (SSSR count). The van der Waals surface area contributed by atoms with E-state index in [0.29, 0.717) is 10.6 Å². The molecule has 6 nitrogen and oxygen atoms in total. The predicted molar refractivity (Wildman–Crippen MR) is 98.7 cm³/mol. The predicted octanol–water partition coefficient (Wildman–Crippen LogP) is 4.84. The van der Waals surface area contributed by atoms with Gasteiger partial charge in [0.15, 0.2) is 6.61 Å². The molecule has 0 aliphatic carbocycles. The van der Waals surface area contributed by atoms with Gasteiger partial charge in [-0.2, -0.15) is 0 Å². The summed E-state index contributed by atoms with van der Waals surface area (Å²) in [6.07, 6.45) is 0. The van der Waals surface area contributed by atoms with Gasteiger partial charge in [0.1, 0.15) is 5.75 Å². The number of hydrogen-bond acceptors (Lipinski definition) is 5. The molecule has 0 aliphatic heterocycles. The summed E-state index contributed by atoms with van der Waals surface area (Å²) >= 11 is 11.8. The van der Waals surface area contributed by atoms with Crippen molar-refractivity contribution in [2.75, 3.05) is 13.2 Å². The highest BCUT2D eigenvalue weighted by Gasteiger charge is 2.37. The maximum absolute atomic E-state index is 12.4. The number of esters is 1. The van der Waals surface area contributed by atoms with Crippen molar-refractivity contribution in [2.24, 2.45) is 0 Å². The molecule has 0 bridgehead atoms. The molecule has 0 aliphatic rings. The number of hydrogen-bond donors (Lipinski definition) is 1. The molecule has 0 fully saturated rings. The molecule has 1 N–H and O–H groups in total. The van der Waals surface area contributed by atoms with Crippen LogP contribution < -0.4 is 4.74 Å². The maximum Gasteiger partial charge on any atom is 0.373 e. The average Bonchev–Trinajstić information content (AvgIpc) is 2.59. The van der Waals surface area contributed by atoms with E-state index in [-0.39, 0.29) is 17.4 Å². The van der Waals surface area contributed by atoms with Gasteiger partial charge in [-0.3, -0.25) is 4.57 Å². The Balaban J connectivity index is 2.10. The molecular formula is C17H17Cl2O6P. The minimum Gasteiger partial charge on any atom is -0.480 e. The number of carbonyl (C=O) groups is 1. The Morgan fingerprint density at radius 2 is 1.88 bits per heavy atom.